The van der Waals surface area contributed by atoms with Gasteiger partial charge in [0, 0.05) is 56.8 Å². The molecule has 2 heterocycles. The Morgan fingerprint density at radius 3 is 2.23 bits per heavy atom. The van der Waals surface area contributed by atoms with E-state index in [9.17, 15) is 9.59 Å². The van der Waals surface area contributed by atoms with Crippen molar-refractivity contribution >= 4 is 22.8 Å². The van der Waals surface area contributed by atoms with E-state index in [-0.39, 0.29) is 24.0 Å². The first-order valence-corrected chi connectivity index (χ1v) is 15.6. The molecule has 4 aromatic rings. The Hall–Kier alpha value is -4.16. The van der Waals surface area contributed by atoms with Gasteiger partial charge in [-0.05, 0) is 53.6 Å². The number of hydrogen-bond acceptors (Lipinski definition) is 4. The van der Waals surface area contributed by atoms with Gasteiger partial charge in [-0.15, -0.1) is 0 Å². The van der Waals surface area contributed by atoms with Crippen molar-refractivity contribution in [1.82, 2.24) is 14.7 Å². The molecule has 0 unspecified atom stereocenters. The van der Waals surface area contributed by atoms with E-state index in [2.05, 4.69) is 52.3 Å². The molecular weight excluding hydrogens is 534 g/mol. The number of rotatable bonds is 8. The summed E-state index contributed by atoms with van der Waals surface area (Å²) in [6.07, 6.45) is 1.62. The van der Waals surface area contributed by atoms with Crippen molar-refractivity contribution in [2.45, 2.75) is 38.3 Å². The Morgan fingerprint density at radius 2 is 1.49 bits per heavy atom. The van der Waals surface area contributed by atoms with Crippen LogP contribution < -0.4 is 0 Å². The lowest BCUT2D eigenvalue weighted by Gasteiger charge is -2.38. The van der Waals surface area contributed by atoms with E-state index >= 15 is 0 Å². The van der Waals surface area contributed by atoms with E-state index < -0.39 is 0 Å². The van der Waals surface area contributed by atoms with Crippen LogP contribution in [-0.4, -0.2) is 72.0 Å². The van der Waals surface area contributed by atoms with Crippen LogP contribution in [0.3, 0.4) is 0 Å². The summed E-state index contributed by atoms with van der Waals surface area (Å²) in [5.74, 6) is 0.750. The molecule has 6 heteroatoms. The fourth-order valence-corrected chi connectivity index (χ4v) is 6.97. The average Bonchev–Trinajstić information content (AvgIpc) is 3.49. The largest absolute Gasteiger partial charge is 0.445 e. The Bertz CT molecular complexity index is 1510. The summed E-state index contributed by atoms with van der Waals surface area (Å²) >= 11 is 0. The summed E-state index contributed by atoms with van der Waals surface area (Å²) in [5, 5.41) is 2.11. The first-order valence-electron chi connectivity index (χ1n) is 15.6. The van der Waals surface area contributed by atoms with Crippen LogP contribution in [0.5, 0.6) is 0 Å². The Labute approximate surface area is 254 Å². The number of amides is 2. The summed E-state index contributed by atoms with van der Waals surface area (Å²) in [7, 11) is 0. The van der Waals surface area contributed by atoms with E-state index in [0.717, 1.165) is 67.5 Å². The maximum absolute atomic E-state index is 13.9. The molecule has 222 valence electrons. The highest BCUT2D eigenvalue weighted by Crippen LogP contribution is 2.35. The fourth-order valence-electron chi connectivity index (χ4n) is 6.97. The van der Waals surface area contributed by atoms with Crippen LogP contribution in [0.2, 0.25) is 0 Å². The lowest BCUT2D eigenvalue weighted by molar-refractivity contribution is 0.0602. The maximum Gasteiger partial charge on any atom is 0.410 e. The predicted molar refractivity (Wildman–Crippen MR) is 171 cm³/mol. The van der Waals surface area contributed by atoms with Crippen molar-refractivity contribution in [3.63, 3.8) is 0 Å². The molecule has 2 aliphatic heterocycles. The molecule has 43 heavy (non-hydrogen) atoms. The van der Waals surface area contributed by atoms with Crippen molar-refractivity contribution in [3.05, 3.63) is 120 Å². The highest BCUT2D eigenvalue weighted by Gasteiger charge is 2.38. The number of ether oxygens (including phenoxy) is 1. The molecule has 0 radical (unpaired) electrons. The van der Waals surface area contributed by atoms with Gasteiger partial charge in [0.1, 0.15) is 6.61 Å². The third-order valence-corrected chi connectivity index (χ3v) is 9.25. The molecule has 0 N–H and O–H groups in total. The van der Waals surface area contributed by atoms with Crippen molar-refractivity contribution in [2.24, 2.45) is 5.92 Å². The van der Waals surface area contributed by atoms with Gasteiger partial charge in [0.05, 0.1) is 0 Å². The molecule has 2 atom stereocenters. The van der Waals surface area contributed by atoms with E-state index in [1.54, 1.807) is 0 Å². The predicted octanol–water partition coefficient (Wildman–Crippen LogP) is 6.82. The number of carbonyl (C=O) groups excluding carboxylic acids is 2. The summed E-state index contributed by atoms with van der Waals surface area (Å²) in [6.45, 7) is 7.24. The van der Waals surface area contributed by atoms with Crippen LogP contribution >= 0.6 is 0 Å². The van der Waals surface area contributed by atoms with Gasteiger partial charge >= 0.3 is 6.09 Å². The average molecular weight is 576 g/mol. The molecule has 4 aromatic carbocycles. The standard InChI is InChI=1S/C37H41N3O3/c1-2-40(37(42)43-27-28-12-5-3-6-13-28)32-20-22-38(23-21-32)24-31-25-39(26-35(31)30-14-7-4-8-15-30)36(41)34-19-11-17-29-16-9-10-18-33(29)34/h3-19,31-32,35H,2,20-27H2,1H3/t31-,35+/m0/s1. The monoisotopic (exact) mass is 575 g/mol. The minimum absolute atomic E-state index is 0.117. The number of piperidine rings is 1. The second-order valence-electron chi connectivity index (χ2n) is 11.9. The number of hydrogen-bond donors (Lipinski definition) is 0. The quantitative estimate of drug-likeness (QED) is 0.231. The summed E-state index contributed by atoms with van der Waals surface area (Å²) < 4.78 is 5.67. The zero-order valence-electron chi connectivity index (χ0n) is 25.0. The highest BCUT2D eigenvalue weighted by molar-refractivity contribution is 6.07. The van der Waals surface area contributed by atoms with Gasteiger partial charge in [0.25, 0.3) is 5.91 Å². The SMILES string of the molecule is CCN(C(=O)OCc1ccccc1)C1CCN(C[C@H]2CN(C(=O)c3cccc4ccccc34)C[C@@H]2c2ccccc2)CC1. The first-order chi connectivity index (χ1) is 21.1. The van der Waals surface area contributed by atoms with Crippen LogP contribution in [-0.2, 0) is 11.3 Å². The lowest BCUT2D eigenvalue weighted by atomic mass is 9.88. The number of nitrogens with zero attached hydrogens (tertiary/aromatic N) is 3. The first kappa shape index (κ1) is 28.9. The molecule has 0 saturated carbocycles. The second kappa shape index (κ2) is 13.4. The van der Waals surface area contributed by atoms with Gasteiger partial charge in [-0.25, -0.2) is 4.79 Å². The fraction of sp³-hybridized carbons (Fsp3) is 0.351. The zero-order chi connectivity index (χ0) is 29.6. The topological polar surface area (TPSA) is 53.1 Å². The zero-order valence-corrected chi connectivity index (χ0v) is 25.0. The van der Waals surface area contributed by atoms with E-state index in [4.69, 9.17) is 4.74 Å². The third kappa shape index (κ3) is 6.60. The van der Waals surface area contributed by atoms with Crippen molar-refractivity contribution in [1.29, 1.82) is 0 Å². The lowest BCUT2D eigenvalue weighted by Crippen LogP contribution is -2.48. The molecule has 0 bridgehead atoms. The van der Waals surface area contributed by atoms with Crippen LogP contribution in [0.1, 0.15) is 47.2 Å². The maximum atomic E-state index is 13.9. The van der Waals surface area contributed by atoms with E-state index in [1.807, 2.05) is 72.5 Å². The van der Waals surface area contributed by atoms with Gasteiger partial charge < -0.3 is 19.4 Å². The van der Waals surface area contributed by atoms with Crippen molar-refractivity contribution < 1.29 is 14.3 Å². The second-order valence-corrected chi connectivity index (χ2v) is 11.9. The van der Waals surface area contributed by atoms with Gasteiger partial charge in [0.2, 0.25) is 0 Å². The third-order valence-electron chi connectivity index (χ3n) is 9.25. The number of carbonyl (C=O) groups is 2. The number of fused-ring (bicyclic) bond motifs is 1. The molecule has 2 amide bonds. The van der Waals surface area contributed by atoms with Crippen LogP contribution in [0, 0.1) is 5.92 Å². The highest BCUT2D eigenvalue weighted by atomic mass is 16.6. The van der Waals surface area contributed by atoms with E-state index in [1.165, 1.54) is 5.56 Å². The normalized spacial score (nSPS) is 19.4. The molecule has 0 spiro atoms. The van der Waals surface area contributed by atoms with Gasteiger partial charge in [-0.1, -0.05) is 97.1 Å². The molecule has 2 aliphatic rings. The molecular formula is C37H41N3O3. The van der Waals surface area contributed by atoms with Crippen LogP contribution in [0.4, 0.5) is 4.79 Å². The molecule has 2 fully saturated rings. The molecule has 0 aliphatic carbocycles. The Morgan fingerprint density at radius 1 is 0.814 bits per heavy atom. The number of likely N-dealkylation sites (tertiary alicyclic amines) is 2. The van der Waals surface area contributed by atoms with Crippen LogP contribution in [0.25, 0.3) is 10.8 Å². The van der Waals surface area contributed by atoms with Gasteiger partial charge in [-0.3, -0.25) is 4.79 Å². The summed E-state index contributed by atoms with van der Waals surface area (Å²) in [4.78, 5) is 33.4. The Balaban J connectivity index is 1.10. The van der Waals surface area contributed by atoms with Gasteiger partial charge in [0.15, 0.2) is 0 Å². The summed E-state index contributed by atoms with van der Waals surface area (Å²) in [6, 6.07) is 34.8. The van der Waals surface area contributed by atoms with Gasteiger partial charge in [-0.2, -0.15) is 0 Å². The summed E-state index contributed by atoms with van der Waals surface area (Å²) in [5.41, 5.74) is 3.08. The van der Waals surface area contributed by atoms with Crippen molar-refractivity contribution in [3.8, 4) is 0 Å². The minimum atomic E-state index is -0.229. The van der Waals surface area contributed by atoms with E-state index in [0.29, 0.717) is 19.1 Å². The number of benzene rings is 4. The molecule has 6 rings (SSSR count). The minimum Gasteiger partial charge on any atom is -0.445 e. The van der Waals surface area contributed by atoms with Crippen molar-refractivity contribution in [2.75, 3.05) is 39.3 Å². The smallest absolute Gasteiger partial charge is 0.410 e. The Kier molecular flexibility index (Phi) is 9.04. The molecule has 6 nitrogen and oxygen atoms in total. The molecule has 2 saturated heterocycles. The molecule has 0 aromatic heterocycles. The van der Waals surface area contributed by atoms with Crippen LogP contribution in [0.15, 0.2) is 103 Å².